The molecule has 0 fully saturated rings. The number of non-ortho nitro benzene ring substituents is 1. The van der Waals surface area contributed by atoms with E-state index in [9.17, 15) is 10.1 Å². The second-order valence-corrected chi connectivity index (χ2v) is 4.52. The molecule has 19 heavy (non-hydrogen) atoms. The smallest absolute Gasteiger partial charge is 0.258 e. The zero-order valence-corrected chi connectivity index (χ0v) is 11.1. The molecule has 0 atom stereocenters. The van der Waals surface area contributed by atoms with Crippen LogP contribution in [0.5, 0.6) is 0 Å². The van der Waals surface area contributed by atoms with Crippen molar-refractivity contribution >= 4 is 40.8 Å². The van der Waals surface area contributed by atoms with Crippen molar-refractivity contribution in [1.82, 2.24) is 0 Å². The Hall–Kier alpha value is -1.91. The van der Waals surface area contributed by atoms with Crippen molar-refractivity contribution in [2.45, 2.75) is 0 Å². The van der Waals surface area contributed by atoms with Crippen molar-refractivity contribution in [3.8, 4) is 0 Å². The van der Waals surface area contributed by atoms with E-state index >= 15 is 0 Å². The molecule has 0 radical (unpaired) electrons. The van der Waals surface area contributed by atoms with E-state index < -0.39 is 4.92 Å². The van der Waals surface area contributed by atoms with E-state index in [2.05, 4.69) is 4.99 Å². The normalized spacial score (nSPS) is 10.8. The molecule has 0 spiro atoms. The zero-order valence-electron chi connectivity index (χ0n) is 9.59. The standard InChI is InChI=1S/C13H8Cl2N2O2/c14-12-5-4-10(7-13(12)15)16-8-9-2-1-3-11(6-9)17(18)19/h1-8H. The molecule has 0 heterocycles. The van der Waals surface area contributed by atoms with Gasteiger partial charge in [-0.25, -0.2) is 0 Å². The molecule has 0 aliphatic heterocycles. The molecule has 2 aromatic rings. The Morgan fingerprint density at radius 1 is 1.11 bits per heavy atom. The number of halogens is 2. The lowest BCUT2D eigenvalue weighted by Gasteiger charge is -1.97. The lowest BCUT2D eigenvalue weighted by molar-refractivity contribution is -0.384. The van der Waals surface area contributed by atoms with Crippen molar-refractivity contribution in [2.75, 3.05) is 0 Å². The number of hydrogen-bond acceptors (Lipinski definition) is 3. The molecule has 0 N–H and O–H groups in total. The maximum Gasteiger partial charge on any atom is 0.270 e. The molecule has 0 unspecified atom stereocenters. The molecule has 96 valence electrons. The van der Waals surface area contributed by atoms with Gasteiger partial charge in [-0.2, -0.15) is 0 Å². The second kappa shape index (κ2) is 5.82. The van der Waals surface area contributed by atoms with Gasteiger partial charge in [0.05, 0.1) is 20.7 Å². The number of nitro benzene ring substituents is 1. The van der Waals surface area contributed by atoms with Gasteiger partial charge >= 0.3 is 0 Å². The van der Waals surface area contributed by atoms with Gasteiger partial charge in [-0.15, -0.1) is 0 Å². The van der Waals surface area contributed by atoms with E-state index in [1.54, 1.807) is 30.3 Å². The molecule has 0 saturated carbocycles. The van der Waals surface area contributed by atoms with E-state index in [0.717, 1.165) is 0 Å². The first kappa shape index (κ1) is 13.5. The van der Waals surface area contributed by atoms with Crippen LogP contribution in [-0.4, -0.2) is 11.1 Å². The first-order valence-electron chi connectivity index (χ1n) is 5.30. The summed E-state index contributed by atoms with van der Waals surface area (Å²) in [5.74, 6) is 0. The van der Waals surface area contributed by atoms with E-state index in [4.69, 9.17) is 23.2 Å². The predicted molar refractivity (Wildman–Crippen MR) is 76.8 cm³/mol. The minimum atomic E-state index is -0.448. The third-order valence-electron chi connectivity index (χ3n) is 2.35. The van der Waals surface area contributed by atoms with Crippen LogP contribution in [0.4, 0.5) is 11.4 Å². The second-order valence-electron chi connectivity index (χ2n) is 3.71. The number of aliphatic imine (C=N–C) groups is 1. The highest BCUT2D eigenvalue weighted by atomic mass is 35.5. The van der Waals surface area contributed by atoms with Gasteiger partial charge in [-0.3, -0.25) is 15.1 Å². The highest BCUT2D eigenvalue weighted by Crippen LogP contribution is 2.26. The number of benzene rings is 2. The van der Waals surface area contributed by atoms with Crippen molar-refractivity contribution in [3.05, 3.63) is 68.2 Å². The molecule has 0 bridgehead atoms. The van der Waals surface area contributed by atoms with Crippen molar-refractivity contribution in [3.63, 3.8) is 0 Å². The van der Waals surface area contributed by atoms with E-state index in [1.165, 1.54) is 18.3 Å². The molecule has 2 rings (SSSR count). The van der Waals surface area contributed by atoms with Crippen LogP contribution in [-0.2, 0) is 0 Å². The molecule has 0 aliphatic carbocycles. The van der Waals surface area contributed by atoms with E-state index in [1.807, 2.05) is 0 Å². The monoisotopic (exact) mass is 294 g/mol. The summed E-state index contributed by atoms with van der Waals surface area (Å²) in [6, 6.07) is 11.2. The fourth-order valence-electron chi connectivity index (χ4n) is 1.43. The van der Waals surface area contributed by atoms with Gasteiger partial charge in [0.25, 0.3) is 5.69 Å². The van der Waals surface area contributed by atoms with Gasteiger partial charge in [-0.1, -0.05) is 35.3 Å². The number of hydrogen-bond donors (Lipinski definition) is 0. The Morgan fingerprint density at radius 2 is 1.89 bits per heavy atom. The maximum absolute atomic E-state index is 10.6. The van der Waals surface area contributed by atoms with Crippen LogP contribution in [0.25, 0.3) is 0 Å². The van der Waals surface area contributed by atoms with Crippen molar-refractivity contribution < 1.29 is 4.92 Å². The van der Waals surface area contributed by atoms with Crippen LogP contribution in [0.15, 0.2) is 47.5 Å². The molecule has 6 heteroatoms. The Morgan fingerprint density at radius 3 is 2.58 bits per heavy atom. The summed E-state index contributed by atoms with van der Waals surface area (Å²) in [6.07, 6.45) is 1.53. The minimum Gasteiger partial charge on any atom is -0.258 e. The lowest BCUT2D eigenvalue weighted by atomic mass is 10.2. The average Bonchev–Trinajstić information content (AvgIpc) is 2.40. The summed E-state index contributed by atoms with van der Waals surface area (Å²) >= 11 is 11.7. The Balaban J connectivity index is 2.24. The first-order chi connectivity index (χ1) is 9.06. The van der Waals surface area contributed by atoms with Gasteiger partial charge < -0.3 is 0 Å². The van der Waals surface area contributed by atoms with Gasteiger partial charge in [-0.05, 0) is 23.8 Å². The third kappa shape index (κ3) is 3.53. The maximum atomic E-state index is 10.6. The molecule has 0 aromatic heterocycles. The fraction of sp³-hybridized carbons (Fsp3) is 0. The highest BCUT2D eigenvalue weighted by Gasteiger charge is 2.04. The van der Waals surface area contributed by atoms with E-state index in [0.29, 0.717) is 21.3 Å². The highest BCUT2D eigenvalue weighted by molar-refractivity contribution is 6.42. The summed E-state index contributed by atoms with van der Waals surface area (Å²) < 4.78 is 0. The fourth-order valence-corrected chi connectivity index (χ4v) is 1.73. The zero-order chi connectivity index (χ0) is 13.8. The van der Waals surface area contributed by atoms with Crippen LogP contribution in [0, 0.1) is 10.1 Å². The van der Waals surface area contributed by atoms with Crippen LogP contribution in [0.2, 0.25) is 10.0 Å². The lowest BCUT2D eigenvalue weighted by Crippen LogP contribution is -1.89. The van der Waals surface area contributed by atoms with Crippen LogP contribution < -0.4 is 0 Å². The first-order valence-corrected chi connectivity index (χ1v) is 6.05. The molecular formula is C13H8Cl2N2O2. The average molecular weight is 295 g/mol. The summed E-state index contributed by atoms with van der Waals surface area (Å²) in [5, 5.41) is 11.5. The largest absolute Gasteiger partial charge is 0.270 e. The SMILES string of the molecule is O=[N+]([O-])c1cccc(C=Nc2ccc(Cl)c(Cl)c2)c1. The summed E-state index contributed by atoms with van der Waals surface area (Å²) in [4.78, 5) is 14.4. The van der Waals surface area contributed by atoms with E-state index in [-0.39, 0.29) is 5.69 Å². The quantitative estimate of drug-likeness (QED) is 0.470. The summed E-state index contributed by atoms with van der Waals surface area (Å²) in [5.41, 5.74) is 1.29. The third-order valence-corrected chi connectivity index (χ3v) is 3.09. The van der Waals surface area contributed by atoms with Crippen LogP contribution in [0.1, 0.15) is 5.56 Å². The molecule has 4 nitrogen and oxygen atoms in total. The topological polar surface area (TPSA) is 55.5 Å². The number of nitro groups is 1. The van der Waals surface area contributed by atoms with Gasteiger partial charge in [0.2, 0.25) is 0 Å². The van der Waals surface area contributed by atoms with Gasteiger partial charge in [0, 0.05) is 18.3 Å². The Bertz CT molecular complexity index is 657. The van der Waals surface area contributed by atoms with Crippen LogP contribution >= 0.6 is 23.2 Å². The molecular weight excluding hydrogens is 287 g/mol. The van der Waals surface area contributed by atoms with Gasteiger partial charge in [0.1, 0.15) is 0 Å². The Kier molecular flexibility index (Phi) is 4.14. The molecule has 0 aliphatic rings. The Labute approximate surface area is 119 Å². The van der Waals surface area contributed by atoms with Crippen molar-refractivity contribution in [1.29, 1.82) is 0 Å². The van der Waals surface area contributed by atoms with Gasteiger partial charge in [0.15, 0.2) is 0 Å². The molecule has 2 aromatic carbocycles. The number of rotatable bonds is 3. The van der Waals surface area contributed by atoms with Crippen LogP contribution in [0.3, 0.4) is 0 Å². The van der Waals surface area contributed by atoms with Crippen molar-refractivity contribution in [2.24, 2.45) is 4.99 Å². The summed E-state index contributed by atoms with van der Waals surface area (Å²) in [7, 11) is 0. The molecule has 0 saturated heterocycles. The predicted octanol–water partition coefficient (Wildman–Crippen LogP) is 4.65. The minimum absolute atomic E-state index is 0.0260. The summed E-state index contributed by atoms with van der Waals surface area (Å²) in [6.45, 7) is 0. The number of nitrogens with zero attached hydrogens (tertiary/aromatic N) is 2. The molecule has 0 amide bonds.